The number of hydrogen-bond acceptors (Lipinski definition) is 3. The molecule has 2 fully saturated rings. The molecule has 1 aromatic rings. The number of ether oxygens (including phenoxy) is 1. The summed E-state index contributed by atoms with van der Waals surface area (Å²) in [6.07, 6.45) is 11.0. The number of amides is 2. The first-order valence-corrected chi connectivity index (χ1v) is 9.31. The number of carbonyl (C=O) groups is 1. The van der Waals surface area contributed by atoms with Crippen LogP contribution >= 0.6 is 0 Å². The molecule has 3 rings (SSSR count). The fourth-order valence-corrected chi connectivity index (χ4v) is 3.94. The molecule has 0 bridgehead atoms. The number of carbonyl (C=O) groups excluding carboxylic acids is 1. The second-order valence-electron chi connectivity index (χ2n) is 7.03. The van der Waals surface area contributed by atoms with Crippen LogP contribution in [-0.2, 0) is 4.74 Å². The molecule has 1 saturated heterocycles. The second kappa shape index (κ2) is 8.47. The number of urea groups is 1. The molecule has 5 heteroatoms. The summed E-state index contributed by atoms with van der Waals surface area (Å²) < 4.78 is 5.98. The van der Waals surface area contributed by atoms with Crippen molar-refractivity contribution >= 4 is 6.03 Å². The number of nitrogens with one attached hydrogen (secondary N) is 1. The molecule has 1 aromatic heterocycles. The molecular weight excluding hydrogens is 302 g/mol. The van der Waals surface area contributed by atoms with Gasteiger partial charge in [0.2, 0.25) is 0 Å². The van der Waals surface area contributed by atoms with Gasteiger partial charge in [-0.05, 0) is 49.3 Å². The maximum Gasteiger partial charge on any atom is 0.317 e. The quantitative estimate of drug-likeness (QED) is 0.840. The summed E-state index contributed by atoms with van der Waals surface area (Å²) in [6, 6.07) is 4.20. The first-order chi connectivity index (χ1) is 11.8. The van der Waals surface area contributed by atoms with Crippen LogP contribution in [0.25, 0.3) is 0 Å². The average Bonchev–Trinajstić information content (AvgIpc) is 3.10. The van der Waals surface area contributed by atoms with E-state index in [4.69, 9.17) is 4.74 Å². The molecular formula is C19H29N3O2. The van der Waals surface area contributed by atoms with Crippen LogP contribution in [0.3, 0.4) is 0 Å². The lowest BCUT2D eigenvalue weighted by Gasteiger charge is -2.29. The molecule has 3 unspecified atom stereocenters. The molecule has 1 aliphatic heterocycles. The smallest absolute Gasteiger partial charge is 0.317 e. The molecule has 5 nitrogen and oxygen atoms in total. The molecule has 1 saturated carbocycles. The van der Waals surface area contributed by atoms with Crippen molar-refractivity contribution < 1.29 is 9.53 Å². The lowest BCUT2D eigenvalue weighted by molar-refractivity contribution is -0.00274. The van der Waals surface area contributed by atoms with Crippen molar-refractivity contribution in [2.24, 2.45) is 5.92 Å². The van der Waals surface area contributed by atoms with Crippen molar-refractivity contribution in [1.82, 2.24) is 15.2 Å². The maximum absolute atomic E-state index is 12.5. The lowest BCUT2D eigenvalue weighted by Crippen LogP contribution is -2.41. The highest BCUT2D eigenvalue weighted by atomic mass is 16.5. The Morgan fingerprint density at radius 2 is 2.04 bits per heavy atom. The zero-order valence-electron chi connectivity index (χ0n) is 14.6. The van der Waals surface area contributed by atoms with Crippen LogP contribution in [0.15, 0.2) is 24.5 Å². The lowest BCUT2D eigenvalue weighted by atomic mass is 9.88. The van der Waals surface area contributed by atoms with Gasteiger partial charge in [0.15, 0.2) is 0 Å². The van der Waals surface area contributed by atoms with Crippen LogP contribution in [0.4, 0.5) is 4.79 Å². The molecule has 132 valence electrons. The first-order valence-electron chi connectivity index (χ1n) is 9.31. The molecule has 2 aliphatic rings. The molecule has 1 N–H and O–H groups in total. The van der Waals surface area contributed by atoms with Crippen LogP contribution in [-0.4, -0.2) is 41.7 Å². The van der Waals surface area contributed by atoms with E-state index in [2.05, 4.69) is 17.2 Å². The Bertz CT molecular complexity index is 523. The van der Waals surface area contributed by atoms with Gasteiger partial charge in [0.1, 0.15) is 0 Å². The van der Waals surface area contributed by atoms with Crippen LogP contribution in [0.2, 0.25) is 0 Å². The van der Waals surface area contributed by atoms with E-state index in [0.29, 0.717) is 25.2 Å². The van der Waals surface area contributed by atoms with Crippen LogP contribution < -0.4 is 5.32 Å². The van der Waals surface area contributed by atoms with Gasteiger partial charge in [0.05, 0.1) is 18.8 Å². The SMILES string of the molecule is CC1CCCCC1OCCNC(=O)N1CCCC1c1ccncc1. The Morgan fingerprint density at radius 3 is 2.83 bits per heavy atom. The number of nitrogens with zero attached hydrogens (tertiary/aromatic N) is 2. The largest absolute Gasteiger partial charge is 0.376 e. The monoisotopic (exact) mass is 331 g/mol. The predicted octanol–water partition coefficient (Wildman–Crippen LogP) is 3.52. The highest BCUT2D eigenvalue weighted by molar-refractivity contribution is 5.75. The molecule has 1 aliphatic carbocycles. The van der Waals surface area contributed by atoms with Gasteiger partial charge < -0.3 is 15.0 Å². The molecule has 2 amide bonds. The summed E-state index contributed by atoms with van der Waals surface area (Å²) in [4.78, 5) is 18.5. The Morgan fingerprint density at radius 1 is 1.25 bits per heavy atom. The van der Waals surface area contributed by atoms with Gasteiger partial charge in [-0.25, -0.2) is 4.79 Å². The third-order valence-electron chi connectivity index (χ3n) is 5.35. The topological polar surface area (TPSA) is 54.5 Å². The van der Waals surface area contributed by atoms with E-state index in [1.54, 1.807) is 12.4 Å². The summed E-state index contributed by atoms with van der Waals surface area (Å²) in [5, 5.41) is 3.03. The highest BCUT2D eigenvalue weighted by Crippen LogP contribution is 2.31. The Hall–Kier alpha value is -1.62. The Labute approximate surface area is 144 Å². The van der Waals surface area contributed by atoms with Gasteiger partial charge in [-0.2, -0.15) is 0 Å². The van der Waals surface area contributed by atoms with Crippen molar-refractivity contribution in [3.05, 3.63) is 30.1 Å². The van der Waals surface area contributed by atoms with E-state index >= 15 is 0 Å². The zero-order valence-corrected chi connectivity index (χ0v) is 14.6. The van der Waals surface area contributed by atoms with Gasteiger partial charge in [-0.15, -0.1) is 0 Å². The number of pyridine rings is 1. The van der Waals surface area contributed by atoms with Gasteiger partial charge in [-0.3, -0.25) is 4.98 Å². The summed E-state index contributed by atoms with van der Waals surface area (Å²) in [5.41, 5.74) is 1.17. The number of rotatable bonds is 5. The van der Waals surface area contributed by atoms with E-state index in [9.17, 15) is 4.79 Å². The number of hydrogen-bond donors (Lipinski definition) is 1. The van der Waals surface area contributed by atoms with E-state index in [1.807, 2.05) is 17.0 Å². The van der Waals surface area contributed by atoms with Gasteiger partial charge in [0, 0.05) is 25.5 Å². The third-order valence-corrected chi connectivity index (χ3v) is 5.35. The number of likely N-dealkylation sites (tertiary alicyclic amines) is 1. The van der Waals surface area contributed by atoms with Crippen LogP contribution in [0.1, 0.15) is 57.1 Å². The minimum Gasteiger partial charge on any atom is -0.376 e. The second-order valence-corrected chi connectivity index (χ2v) is 7.03. The van der Waals surface area contributed by atoms with E-state index < -0.39 is 0 Å². The molecule has 0 spiro atoms. The Balaban J connectivity index is 1.43. The van der Waals surface area contributed by atoms with E-state index in [1.165, 1.54) is 24.8 Å². The molecule has 24 heavy (non-hydrogen) atoms. The fraction of sp³-hybridized carbons (Fsp3) is 0.684. The normalized spacial score (nSPS) is 27.2. The third kappa shape index (κ3) is 4.26. The van der Waals surface area contributed by atoms with E-state index in [-0.39, 0.29) is 12.1 Å². The van der Waals surface area contributed by atoms with Crippen molar-refractivity contribution in [2.45, 2.75) is 57.6 Å². The molecule has 0 aromatic carbocycles. The van der Waals surface area contributed by atoms with Crippen molar-refractivity contribution in [2.75, 3.05) is 19.7 Å². The molecule has 2 heterocycles. The van der Waals surface area contributed by atoms with Crippen molar-refractivity contribution in [3.8, 4) is 0 Å². The van der Waals surface area contributed by atoms with Crippen molar-refractivity contribution in [3.63, 3.8) is 0 Å². The summed E-state index contributed by atoms with van der Waals surface area (Å²) in [7, 11) is 0. The van der Waals surface area contributed by atoms with E-state index in [0.717, 1.165) is 25.8 Å². The standard InChI is InChI=1S/C19H29N3O2/c1-15-5-2-3-7-18(15)24-14-12-21-19(23)22-13-4-6-17(22)16-8-10-20-11-9-16/h8-11,15,17-18H,2-7,12-14H2,1H3,(H,21,23). The molecule has 3 atom stereocenters. The van der Waals surface area contributed by atoms with Crippen LogP contribution in [0, 0.1) is 5.92 Å². The van der Waals surface area contributed by atoms with Gasteiger partial charge in [0.25, 0.3) is 0 Å². The fourth-order valence-electron chi connectivity index (χ4n) is 3.94. The van der Waals surface area contributed by atoms with Gasteiger partial charge in [-0.1, -0.05) is 19.8 Å². The minimum absolute atomic E-state index is 0.0228. The summed E-state index contributed by atoms with van der Waals surface area (Å²) in [5.74, 6) is 0.643. The Kier molecular flexibility index (Phi) is 6.07. The number of aromatic nitrogens is 1. The summed E-state index contributed by atoms with van der Waals surface area (Å²) >= 11 is 0. The van der Waals surface area contributed by atoms with Gasteiger partial charge >= 0.3 is 6.03 Å². The zero-order chi connectivity index (χ0) is 16.8. The minimum atomic E-state index is 0.0228. The molecule has 0 radical (unpaired) electrons. The highest BCUT2D eigenvalue weighted by Gasteiger charge is 2.29. The summed E-state index contributed by atoms with van der Waals surface area (Å²) in [6.45, 7) is 4.28. The predicted molar refractivity (Wildman–Crippen MR) is 93.7 cm³/mol. The van der Waals surface area contributed by atoms with Crippen molar-refractivity contribution in [1.29, 1.82) is 0 Å². The average molecular weight is 331 g/mol. The van der Waals surface area contributed by atoms with Crippen LogP contribution in [0.5, 0.6) is 0 Å². The first kappa shape index (κ1) is 17.2. The maximum atomic E-state index is 12.5.